The molecule has 134 valence electrons. The molecular formula is C22H28O3. The van der Waals surface area contributed by atoms with Gasteiger partial charge in [-0.25, -0.2) is 4.79 Å². The highest BCUT2D eigenvalue weighted by Crippen LogP contribution is 2.17. The fourth-order valence-electron chi connectivity index (χ4n) is 2.53. The van der Waals surface area contributed by atoms with E-state index in [9.17, 15) is 4.79 Å². The Morgan fingerprint density at radius 3 is 2.08 bits per heavy atom. The van der Waals surface area contributed by atoms with Crippen LogP contribution >= 0.6 is 0 Å². The van der Waals surface area contributed by atoms with Crippen LogP contribution in [0, 0.1) is 6.92 Å². The molecule has 2 rings (SSSR count). The number of ether oxygens (including phenoxy) is 2. The minimum absolute atomic E-state index is 0.355. The molecular weight excluding hydrogens is 312 g/mol. The fraction of sp³-hybridized carbons (Fsp3) is 0.409. The summed E-state index contributed by atoms with van der Waals surface area (Å²) in [6.07, 6.45) is 7.47. The normalized spacial score (nSPS) is 10.5. The monoisotopic (exact) mass is 340 g/mol. The highest BCUT2D eigenvalue weighted by molar-refractivity contribution is 5.91. The largest absolute Gasteiger partial charge is 0.494 e. The lowest BCUT2D eigenvalue weighted by Gasteiger charge is -2.08. The molecule has 0 saturated heterocycles. The van der Waals surface area contributed by atoms with Crippen molar-refractivity contribution in [2.24, 2.45) is 0 Å². The van der Waals surface area contributed by atoms with Gasteiger partial charge in [0.25, 0.3) is 0 Å². The summed E-state index contributed by atoms with van der Waals surface area (Å²) in [5, 5.41) is 0. The predicted molar refractivity (Wildman–Crippen MR) is 101 cm³/mol. The number of rotatable bonds is 10. The van der Waals surface area contributed by atoms with Gasteiger partial charge in [-0.15, -0.1) is 0 Å². The van der Waals surface area contributed by atoms with Crippen LogP contribution in [0.25, 0.3) is 0 Å². The Morgan fingerprint density at radius 2 is 1.40 bits per heavy atom. The van der Waals surface area contributed by atoms with Crippen LogP contribution in [0.4, 0.5) is 0 Å². The zero-order chi connectivity index (χ0) is 17.9. The molecule has 0 spiro atoms. The molecule has 0 N–H and O–H groups in total. The summed E-state index contributed by atoms with van der Waals surface area (Å²) in [5.41, 5.74) is 1.65. The first-order chi connectivity index (χ1) is 12.2. The van der Waals surface area contributed by atoms with Crippen molar-refractivity contribution in [3.8, 4) is 11.5 Å². The molecule has 0 amide bonds. The highest BCUT2D eigenvalue weighted by atomic mass is 16.5. The molecule has 25 heavy (non-hydrogen) atoms. The first kappa shape index (κ1) is 19.0. The number of benzene rings is 2. The molecule has 0 radical (unpaired) electrons. The summed E-state index contributed by atoms with van der Waals surface area (Å²) in [4.78, 5) is 12.1. The van der Waals surface area contributed by atoms with Crippen LogP contribution in [0.2, 0.25) is 0 Å². The Hall–Kier alpha value is -2.29. The van der Waals surface area contributed by atoms with E-state index in [-0.39, 0.29) is 5.97 Å². The van der Waals surface area contributed by atoms with E-state index in [0.29, 0.717) is 11.3 Å². The summed E-state index contributed by atoms with van der Waals surface area (Å²) < 4.78 is 11.1. The minimum atomic E-state index is -0.355. The Balaban J connectivity index is 1.73. The van der Waals surface area contributed by atoms with Gasteiger partial charge in [0.1, 0.15) is 11.5 Å². The van der Waals surface area contributed by atoms with Crippen LogP contribution in [0.15, 0.2) is 48.5 Å². The number of aryl methyl sites for hydroxylation is 1. The van der Waals surface area contributed by atoms with Crippen LogP contribution < -0.4 is 9.47 Å². The van der Waals surface area contributed by atoms with Gasteiger partial charge in [0, 0.05) is 0 Å². The maximum atomic E-state index is 12.1. The van der Waals surface area contributed by atoms with Gasteiger partial charge in [-0.05, 0) is 49.7 Å². The van der Waals surface area contributed by atoms with Crippen LogP contribution in [-0.2, 0) is 0 Å². The lowest BCUT2D eigenvalue weighted by Crippen LogP contribution is -2.08. The van der Waals surface area contributed by atoms with Gasteiger partial charge in [0.15, 0.2) is 0 Å². The van der Waals surface area contributed by atoms with Crippen molar-refractivity contribution in [2.45, 2.75) is 52.4 Å². The molecule has 0 aliphatic heterocycles. The first-order valence-electron chi connectivity index (χ1n) is 9.21. The van der Waals surface area contributed by atoms with E-state index in [4.69, 9.17) is 9.47 Å². The second-order valence-corrected chi connectivity index (χ2v) is 6.34. The molecule has 2 aromatic rings. The minimum Gasteiger partial charge on any atom is -0.494 e. The van der Waals surface area contributed by atoms with Gasteiger partial charge in [-0.3, -0.25) is 0 Å². The zero-order valence-electron chi connectivity index (χ0n) is 15.3. The molecule has 2 aromatic carbocycles. The average Bonchev–Trinajstić information content (AvgIpc) is 2.63. The highest BCUT2D eigenvalue weighted by Gasteiger charge is 2.08. The molecule has 0 saturated carbocycles. The zero-order valence-corrected chi connectivity index (χ0v) is 15.3. The lowest BCUT2D eigenvalue weighted by atomic mass is 10.1. The van der Waals surface area contributed by atoms with Crippen molar-refractivity contribution in [1.29, 1.82) is 0 Å². The quantitative estimate of drug-likeness (QED) is 0.304. The van der Waals surface area contributed by atoms with Crippen molar-refractivity contribution in [1.82, 2.24) is 0 Å². The molecule has 0 heterocycles. The van der Waals surface area contributed by atoms with E-state index < -0.39 is 0 Å². The Bertz CT molecular complexity index is 629. The van der Waals surface area contributed by atoms with E-state index in [2.05, 4.69) is 6.92 Å². The van der Waals surface area contributed by atoms with E-state index in [1.165, 1.54) is 32.1 Å². The molecule has 0 bridgehead atoms. The molecule has 0 atom stereocenters. The fourth-order valence-corrected chi connectivity index (χ4v) is 2.53. The number of carbonyl (C=O) groups is 1. The van der Waals surface area contributed by atoms with Crippen LogP contribution in [0.1, 0.15) is 61.4 Å². The number of hydrogen-bond acceptors (Lipinski definition) is 3. The molecule has 0 unspecified atom stereocenters. The van der Waals surface area contributed by atoms with Gasteiger partial charge in [0.2, 0.25) is 0 Å². The SMILES string of the molecule is CCCCCCCCOc1ccc(C(=O)Oc2ccc(C)cc2)cc1. The van der Waals surface area contributed by atoms with Crippen LogP contribution in [0.3, 0.4) is 0 Å². The number of carbonyl (C=O) groups excluding carboxylic acids is 1. The summed E-state index contributed by atoms with van der Waals surface area (Å²) in [5.74, 6) is 0.991. The molecule has 0 aliphatic rings. The van der Waals surface area contributed by atoms with Gasteiger partial charge >= 0.3 is 5.97 Å². The smallest absolute Gasteiger partial charge is 0.343 e. The van der Waals surface area contributed by atoms with Gasteiger partial charge in [0.05, 0.1) is 12.2 Å². The summed E-state index contributed by atoms with van der Waals surface area (Å²) in [6.45, 7) is 4.94. The van der Waals surface area contributed by atoms with E-state index in [1.807, 2.05) is 31.2 Å². The topological polar surface area (TPSA) is 35.5 Å². The summed E-state index contributed by atoms with van der Waals surface area (Å²) in [6, 6.07) is 14.6. The molecule has 0 fully saturated rings. The summed E-state index contributed by atoms with van der Waals surface area (Å²) >= 11 is 0. The number of esters is 1. The molecule has 0 aromatic heterocycles. The van der Waals surface area contributed by atoms with Crippen LogP contribution in [-0.4, -0.2) is 12.6 Å². The average molecular weight is 340 g/mol. The Morgan fingerprint density at radius 1 is 0.800 bits per heavy atom. The summed E-state index contributed by atoms with van der Waals surface area (Å²) in [7, 11) is 0. The van der Waals surface area contributed by atoms with Gasteiger partial charge in [-0.2, -0.15) is 0 Å². The van der Waals surface area contributed by atoms with E-state index in [1.54, 1.807) is 24.3 Å². The van der Waals surface area contributed by atoms with Crippen molar-refractivity contribution in [3.63, 3.8) is 0 Å². The van der Waals surface area contributed by atoms with Crippen molar-refractivity contribution < 1.29 is 14.3 Å². The van der Waals surface area contributed by atoms with Gasteiger partial charge in [-0.1, -0.05) is 56.7 Å². The third kappa shape index (κ3) is 7.00. The Kier molecular flexibility index (Phi) is 8.03. The van der Waals surface area contributed by atoms with Crippen LogP contribution in [0.5, 0.6) is 11.5 Å². The third-order valence-corrected chi connectivity index (χ3v) is 4.09. The maximum absolute atomic E-state index is 12.1. The first-order valence-corrected chi connectivity index (χ1v) is 9.21. The second kappa shape index (κ2) is 10.5. The van der Waals surface area contributed by atoms with Crippen molar-refractivity contribution in [2.75, 3.05) is 6.61 Å². The Labute approximate surface area is 151 Å². The standard InChI is InChI=1S/C22H28O3/c1-3-4-5-6-7-8-17-24-20-15-11-19(12-16-20)22(23)25-21-13-9-18(2)10-14-21/h9-16H,3-8,17H2,1-2H3. The van der Waals surface area contributed by atoms with E-state index >= 15 is 0 Å². The molecule has 0 aliphatic carbocycles. The number of hydrogen-bond donors (Lipinski definition) is 0. The van der Waals surface area contributed by atoms with Gasteiger partial charge < -0.3 is 9.47 Å². The lowest BCUT2D eigenvalue weighted by molar-refractivity contribution is 0.0734. The number of unbranched alkanes of at least 4 members (excludes halogenated alkanes) is 5. The molecule has 3 heteroatoms. The van der Waals surface area contributed by atoms with Crippen molar-refractivity contribution in [3.05, 3.63) is 59.7 Å². The third-order valence-electron chi connectivity index (χ3n) is 4.09. The van der Waals surface area contributed by atoms with E-state index in [0.717, 1.165) is 24.3 Å². The molecule has 3 nitrogen and oxygen atoms in total. The van der Waals surface area contributed by atoms with Crippen molar-refractivity contribution >= 4 is 5.97 Å². The maximum Gasteiger partial charge on any atom is 0.343 e. The second-order valence-electron chi connectivity index (χ2n) is 6.34. The predicted octanol–water partition coefficient (Wildman–Crippen LogP) is 5.95.